The number of rotatable bonds is 5. The van der Waals surface area contributed by atoms with Crippen molar-refractivity contribution in [3.63, 3.8) is 0 Å². The lowest BCUT2D eigenvalue weighted by Gasteiger charge is -2.52. The van der Waals surface area contributed by atoms with Gasteiger partial charge in [-0.2, -0.15) is 0 Å². The molecule has 1 saturated heterocycles. The van der Waals surface area contributed by atoms with E-state index in [1.807, 2.05) is 12.1 Å². The van der Waals surface area contributed by atoms with Gasteiger partial charge in [0, 0.05) is 18.2 Å². The first-order valence-electron chi connectivity index (χ1n) is 11.3. The van der Waals surface area contributed by atoms with Gasteiger partial charge in [-0.25, -0.2) is 0 Å². The van der Waals surface area contributed by atoms with Gasteiger partial charge in [0.2, 0.25) is 5.91 Å². The second-order valence-electron chi connectivity index (χ2n) is 9.67. The van der Waals surface area contributed by atoms with Gasteiger partial charge in [-0.3, -0.25) is 4.79 Å². The van der Waals surface area contributed by atoms with E-state index in [1.54, 1.807) is 0 Å². The van der Waals surface area contributed by atoms with Crippen molar-refractivity contribution in [1.82, 2.24) is 4.90 Å². The van der Waals surface area contributed by atoms with Crippen molar-refractivity contribution >= 4 is 5.91 Å². The van der Waals surface area contributed by atoms with E-state index in [4.69, 9.17) is 5.73 Å². The molecule has 2 aromatic carbocycles. The van der Waals surface area contributed by atoms with Crippen LogP contribution in [0.4, 0.5) is 0 Å². The highest BCUT2D eigenvalue weighted by atomic mass is 16.1. The number of nitrogens with zero attached hydrogens (tertiary/aromatic N) is 1. The van der Waals surface area contributed by atoms with Crippen molar-refractivity contribution in [2.45, 2.75) is 62.3 Å². The lowest BCUT2D eigenvalue weighted by molar-refractivity contribution is 0.0264. The largest absolute Gasteiger partial charge is 0.366 e. The zero-order chi connectivity index (χ0) is 19.8. The van der Waals surface area contributed by atoms with Crippen molar-refractivity contribution in [3.8, 4) is 0 Å². The van der Waals surface area contributed by atoms with Crippen molar-refractivity contribution in [1.29, 1.82) is 0 Å². The van der Waals surface area contributed by atoms with E-state index in [0.29, 0.717) is 11.6 Å². The van der Waals surface area contributed by atoms with Gasteiger partial charge in [0.25, 0.3) is 0 Å². The minimum atomic E-state index is -0.314. The Balaban J connectivity index is 1.23. The number of hydrogen-bond donors (Lipinski definition) is 1. The van der Waals surface area contributed by atoms with Gasteiger partial charge in [-0.15, -0.1) is 0 Å². The number of primary amides is 1. The van der Waals surface area contributed by atoms with Crippen LogP contribution in [0, 0.1) is 5.92 Å². The Kier molecular flexibility index (Phi) is 4.95. The fourth-order valence-corrected chi connectivity index (χ4v) is 6.27. The lowest BCUT2D eigenvalue weighted by atomic mass is 9.62. The Morgan fingerprint density at radius 1 is 1.07 bits per heavy atom. The number of carbonyl (C=O) groups excluding carboxylic acids is 1. The highest BCUT2D eigenvalue weighted by Crippen LogP contribution is 2.49. The molecule has 1 amide bonds. The molecule has 29 heavy (non-hydrogen) atoms. The summed E-state index contributed by atoms with van der Waals surface area (Å²) in [6.07, 6.45) is 9.01. The Labute approximate surface area is 174 Å². The summed E-state index contributed by atoms with van der Waals surface area (Å²) in [7, 11) is 0. The maximum Gasteiger partial charge on any atom is 0.248 e. The maximum absolute atomic E-state index is 11.7. The summed E-state index contributed by atoms with van der Waals surface area (Å²) in [6.45, 7) is 2.46. The molecule has 152 valence electrons. The van der Waals surface area contributed by atoms with E-state index in [9.17, 15) is 4.79 Å². The fraction of sp³-hybridized carbons (Fsp3) is 0.500. The van der Waals surface area contributed by atoms with Crippen LogP contribution in [-0.4, -0.2) is 29.9 Å². The topological polar surface area (TPSA) is 46.3 Å². The molecule has 3 heteroatoms. The van der Waals surface area contributed by atoms with Crippen LogP contribution in [0.25, 0.3) is 0 Å². The first-order valence-corrected chi connectivity index (χ1v) is 11.3. The number of nitrogens with two attached hydrogens (primary N) is 1. The summed E-state index contributed by atoms with van der Waals surface area (Å²) in [5.41, 5.74) is 9.31. The SMILES string of the molecule is NC(=O)c1cccc(C23CCCC(C2)N(CC2CC(c4ccccc4)C2)CC3)c1. The van der Waals surface area contributed by atoms with Crippen LogP contribution in [-0.2, 0) is 5.41 Å². The van der Waals surface area contributed by atoms with E-state index in [1.165, 1.54) is 69.2 Å². The Morgan fingerprint density at radius 3 is 2.69 bits per heavy atom. The Morgan fingerprint density at radius 2 is 1.90 bits per heavy atom. The van der Waals surface area contributed by atoms with Crippen LogP contribution in [0.15, 0.2) is 54.6 Å². The van der Waals surface area contributed by atoms with Crippen molar-refractivity contribution in [2.75, 3.05) is 13.1 Å². The van der Waals surface area contributed by atoms with Crippen LogP contribution in [0.2, 0.25) is 0 Å². The van der Waals surface area contributed by atoms with Crippen LogP contribution in [0.1, 0.15) is 72.3 Å². The van der Waals surface area contributed by atoms with Crippen molar-refractivity contribution in [2.24, 2.45) is 11.7 Å². The Hall–Kier alpha value is -2.13. The highest BCUT2D eigenvalue weighted by Gasteiger charge is 2.44. The number of amides is 1. The third-order valence-electron chi connectivity index (χ3n) is 7.97. The molecule has 2 N–H and O–H groups in total. The van der Waals surface area contributed by atoms with Gasteiger partial charge < -0.3 is 10.6 Å². The summed E-state index contributed by atoms with van der Waals surface area (Å²) < 4.78 is 0. The molecule has 0 spiro atoms. The average molecular weight is 389 g/mol. The summed E-state index contributed by atoms with van der Waals surface area (Å²) in [6, 6.07) is 19.9. The molecule has 2 unspecified atom stereocenters. The van der Waals surface area contributed by atoms with E-state index in [0.717, 1.165) is 11.8 Å². The van der Waals surface area contributed by atoms with E-state index in [2.05, 4.69) is 47.4 Å². The molecule has 2 atom stereocenters. The minimum Gasteiger partial charge on any atom is -0.366 e. The molecule has 3 aliphatic rings. The molecule has 1 aliphatic heterocycles. The van der Waals surface area contributed by atoms with Crippen molar-refractivity contribution < 1.29 is 4.79 Å². The van der Waals surface area contributed by atoms with E-state index >= 15 is 0 Å². The smallest absolute Gasteiger partial charge is 0.248 e. The number of likely N-dealkylation sites (tertiary alicyclic amines) is 1. The van der Waals surface area contributed by atoms with Gasteiger partial charge in [-0.05, 0) is 85.6 Å². The second-order valence-corrected chi connectivity index (χ2v) is 9.67. The molecule has 2 aromatic rings. The fourth-order valence-electron chi connectivity index (χ4n) is 6.27. The standard InChI is InChI=1S/C26H32N2O/c27-25(29)21-8-4-9-23(16-21)26-11-5-10-24(17-26)28(13-12-26)18-19-14-22(15-19)20-6-2-1-3-7-20/h1-4,6-9,16,19,22,24H,5,10-15,17-18H2,(H2,27,29). The molecule has 5 rings (SSSR count). The predicted octanol–water partition coefficient (Wildman–Crippen LogP) is 4.87. The number of piperidine rings is 1. The second kappa shape index (κ2) is 7.60. The molecular formula is C26H32N2O. The summed E-state index contributed by atoms with van der Waals surface area (Å²) in [5, 5.41) is 0. The third kappa shape index (κ3) is 3.61. The molecule has 2 saturated carbocycles. The third-order valence-corrected chi connectivity index (χ3v) is 7.97. The predicted molar refractivity (Wildman–Crippen MR) is 117 cm³/mol. The number of benzene rings is 2. The molecule has 1 heterocycles. The normalized spacial score (nSPS) is 31.8. The van der Waals surface area contributed by atoms with Gasteiger partial charge in [0.05, 0.1) is 0 Å². The molecule has 2 aliphatic carbocycles. The molecular weight excluding hydrogens is 356 g/mol. The first kappa shape index (κ1) is 18.9. The molecule has 0 radical (unpaired) electrons. The van der Waals surface area contributed by atoms with Gasteiger partial charge in [-0.1, -0.05) is 48.9 Å². The maximum atomic E-state index is 11.7. The summed E-state index contributed by atoms with van der Waals surface area (Å²) >= 11 is 0. The van der Waals surface area contributed by atoms with E-state index in [-0.39, 0.29) is 11.3 Å². The Bertz CT molecular complexity index is 873. The molecule has 3 fully saturated rings. The van der Waals surface area contributed by atoms with Crippen LogP contribution < -0.4 is 5.73 Å². The van der Waals surface area contributed by atoms with Crippen molar-refractivity contribution in [3.05, 3.63) is 71.3 Å². The van der Waals surface area contributed by atoms with Crippen LogP contribution in [0.5, 0.6) is 0 Å². The average Bonchev–Trinajstić information content (AvgIpc) is 2.73. The first-order chi connectivity index (χ1) is 14.1. The van der Waals surface area contributed by atoms with Gasteiger partial charge >= 0.3 is 0 Å². The lowest BCUT2D eigenvalue weighted by Crippen LogP contribution is -2.53. The summed E-state index contributed by atoms with van der Waals surface area (Å²) in [5.74, 6) is 1.31. The highest BCUT2D eigenvalue weighted by molar-refractivity contribution is 5.92. The van der Waals surface area contributed by atoms with Gasteiger partial charge in [0.1, 0.15) is 0 Å². The molecule has 2 bridgehead atoms. The monoisotopic (exact) mass is 388 g/mol. The number of fused-ring (bicyclic) bond motifs is 2. The van der Waals surface area contributed by atoms with Gasteiger partial charge in [0.15, 0.2) is 0 Å². The zero-order valence-corrected chi connectivity index (χ0v) is 17.2. The summed E-state index contributed by atoms with van der Waals surface area (Å²) in [4.78, 5) is 14.5. The van der Waals surface area contributed by atoms with E-state index < -0.39 is 0 Å². The minimum absolute atomic E-state index is 0.247. The van der Waals surface area contributed by atoms with Crippen LogP contribution >= 0.6 is 0 Å². The quantitative estimate of drug-likeness (QED) is 0.795. The number of carbonyl (C=O) groups is 1. The zero-order valence-electron chi connectivity index (χ0n) is 17.2. The van der Waals surface area contributed by atoms with Crippen LogP contribution in [0.3, 0.4) is 0 Å². The number of hydrogen-bond acceptors (Lipinski definition) is 2. The molecule has 3 nitrogen and oxygen atoms in total. The molecule has 0 aromatic heterocycles.